The minimum Gasteiger partial charge on any atom is -0.455 e. The number of fused-ring (bicyclic) bond motifs is 6. The Labute approximate surface area is 284 Å². The number of benzene rings is 9. The molecule has 0 aliphatic rings. The van der Waals surface area contributed by atoms with Crippen LogP contribution in [0.15, 0.2) is 186 Å². The van der Waals surface area contributed by atoms with Crippen LogP contribution in [0.2, 0.25) is 0 Å². The standard InChI is InChI=1S/C48H30O/c1-2-14-34(15-3-1)45-38-18-6-8-20-40(38)46(41-21-9-7-19-39(41)45)43-30-29-37(47-42-22-10-11-24-44(42)49-48(43)47)33-27-25-32(26-28-33)36-23-12-16-31-13-4-5-17-35(31)36/h1-30H. The van der Waals surface area contributed by atoms with Crippen LogP contribution in [0.1, 0.15) is 0 Å². The number of para-hydroxylation sites is 1. The van der Waals surface area contributed by atoms with Crippen molar-refractivity contribution in [2.45, 2.75) is 0 Å². The molecule has 0 amide bonds. The van der Waals surface area contributed by atoms with Crippen molar-refractivity contribution in [3.8, 4) is 44.5 Å². The Morgan fingerprint density at radius 1 is 0.286 bits per heavy atom. The van der Waals surface area contributed by atoms with Crippen molar-refractivity contribution < 1.29 is 4.42 Å². The average Bonchev–Trinajstić information content (AvgIpc) is 3.57. The summed E-state index contributed by atoms with van der Waals surface area (Å²) in [5.74, 6) is 0. The minimum absolute atomic E-state index is 0.896. The molecule has 0 atom stereocenters. The quantitative estimate of drug-likeness (QED) is 0.178. The van der Waals surface area contributed by atoms with Crippen LogP contribution in [0.3, 0.4) is 0 Å². The van der Waals surface area contributed by atoms with E-state index in [2.05, 4.69) is 182 Å². The summed E-state index contributed by atoms with van der Waals surface area (Å²) in [6, 6.07) is 65.6. The van der Waals surface area contributed by atoms with Crippen LogP contribution in [-0.2, 0) is 0 Å². The molecule has 0 saturated carbocycles. The van der Waals surface area contributed by atoms with Gasteiger partial charge >= 0.3 is 0 Å². The van der Waals surface area contributed by atoms with E-state index in [0.717, 1.165) is 27.5 Å². The molecule has 0 aliphatic carbocycles. The van der Waals surface area contributed by atoms with Crippen molar-refractivity contribution in [3.05, 3.63) is 182 Å². The molecule has 1 nitrogen and oxygen atoms in total. The van der Waals surface area contributed by atoms with Crippen molar-refractivity contribution in [2.75, 3.05) is 0 Å². The van der Waals surface area contributed by atoms with Crippen molar-refractivity contribution >= 4 is 54.3 Å². The molecule has 9 aromatic carbocycles. The Bertz CT molecular complexity index is 2790. The van der Waals surface area contributed by atoms with Gasteiger partial charge in [0.25, 0.3) is 0 Å². The van der Waals surface area contributed by atoms with E-state index in [-0.39, 0.29) is 0 Å². The second-order valence-electron chi connectivity index (χ2n) is 12.8. The molecule has 1 heterocycles. The van der Waals surface area contributed by atoms with E-state index in [0.29, 0.717) is 0 Å². The Morgan fingerprint density at radius 2 is 0.796 bits per heavy atom. The van der Waals surface area contributed by atoms with Crippen LogP contribution in [0.5, 0.6) is 0 Å². The van der Waals surface area contributed by atoms with Gasteiger partial charge in [-0.15, -0.1) is 0 Å². The van der Waals surface area contributed by atoms with Gasteiger partial charge in [-0.05, 0) is 77.8 Å². The van der Waals surface area contributed by atoms with Crippen molar-refractivity contribution in [1.29, 1.82) is 0 Å². The minimum atomic E-state index is 0.896. The molecule has 0 radical (unpaired) electrons. The molecule has 0 bridgehead atoms. The Hall–Kier alpha value is -6.44. The van der Waals surface area contributed by atoms with E-state index in [1.165, 1.54) is 71.3 Å². The summed E-state index contributed by atoms with van der Waals surface area (Å²) < 4.78 is 6.85. The number of furan rings is 1. The largest absolute Gasteiger partial charge is 0.455 e. The van der Waals surface area contributed by atoms with Crippen molar-refractivity contribution in [3.63, 3.8) is 0 Å². The van der Waals surface area contributed by atoms with Gasteiger partial charge in [0, 0.05) is 21.9 Å². The Balaban J connectivity index is 1.23. The van der Waals surface area contributed by atoms with E-state index in [4.69, 9.17) is 4.42 Å². The molecule has 0 saturated heterocycles. The molecule has 0 unspecified atom stereocenters. The lowest BCUT2D eigenvalue weighted by molar-refractivity contribution is 0.670. The molecule has 1 aromatic heterocycles. The van der Waals surface area contributed by atoms with Crippen LogP contribution < -0.4 is 0 Å². The molecule has 0 fully saturated rings. The molecule has 228 valence electrons. The number of hydrogen-bond acceptors (Lipinski definition) is 1. The van der Waals surface area contributed by atoms with Crippen LogP contribution >= 0.6 is 0 Å². The first-order chi connectivity index (χ1) is 24.3. The summed E-state index contributed by atoms with van der Waals surface area (Å²) in [6.07, 6.45) is 0. The first-order valence-corrected chi connectivity index (χ1v) is 16.9. The SMILES string of the molecule is c1ccc(-c2c3ccccc3c(-c3ccc(-c4ccc(-c5cccc6ccccc56)cc4)c4c3oc3ccccc34)c3ccccc23)cc1. The fourth-order valence-electron chi connectivity index (χ4n) is 7.91. The molecule has 10 aromatic rings. The zero-order valence-corrected chi connectivity index (χ0v) is 26.7. The lowest BCUT2D eigenvalue weighted by Crippen LogP contribution is -1.91. The number of rotatable bonds is 4. The van der Waals surface area contributed by atoms with Gasteiger partial charge in [0.1, 0.15) is 11.2 Å². The summed E-state index contributed by atoms with van der Waals surface area (Å²) in [4.78, 5) is 0. The van der Waals surface area contributed by atoms with Gasteiger partial charge in [-0.2, -0.15) is 0 Å². The molecular formula is C48H30O. The second kappa shape index (κ2) is 11.1. The van der Waals surface area contributed by atoms with Gasteiger partial charge in [0.05, 0.1) is 0 Å². The maximum absolute atomic E-state index is 6.85. The predicted octanol–water partition coefficient (Wildman–Crippen LogP) is 13.7. The van der Waals surface area contributed by atoms with E-state index in [1.54, 1.807) is 0 Å². The summed E-state index contributed by atoms with van der Waals surface area (Å²) >= 11 is 0. The molecular weight excluding hydrogens is 593 g/mol. The molecule has 0 aliphatic heterocycles. The second-order valence-corrected chi connectivity index (χ2v) is 12.8. The molecule has 49 heavy (non-hydrogen) atoms. The highest BCUT2D eigenvalue weighted by Gasteiger charge is 2.22. The molecule has 10 rings (SSSR count). The highest BCUT2D eigenvalue weighted by Crippen LogP contribution is 2.48. The average molecular weight is 623 g/mol. The summed E-state index contributed by atoms with van der Waals surface area (Å²) in [5, 5.41) is 9.70. The topological polar surface area (TPSA) is 13.1 Å². The summed E-state index contributed by atoms with van der Waals surface area (Å²) in [7, 11) is 0. The first-order valence-electron chi connectivity index (χ1n) is 16.9. The Kier molecular flexibility index (Phi) is 6.25. The van der Waals surface area contributed by atoms with Crippen LogP contribution in [0.4, 0.5) is 0 Å². The zero-order chi connectivity index (χ0) is 32.3. The van der Waals surface area contributed by atoms with Gasteiger partial charge in [-0.25, -0.2) is 0 Å². The van der Waals surface area contributed by atoms with E-state index < -0.39 is 0 Å². The third-order valence-corrected chi connectivity index (χ3v) is 10.1. The first kappa shape index (κ1) is 27.7. The van der Waals surface area contributed by atoms with Crippen LogP contribution in [-0.4, -0.2) is 0 Å². The Morgan fingerprint density at radius 3 is 1.49 bits per heavy atom. The van der Waals surface area contributed by atoms with Crippen molar-refractivity contribution in [1.82, 2.24) is 0 Å². The summed E-state index contributed by atoms with van der Waals surface area (Å²) in [5.41, 5.74) is 11.4. The van der Waals surface area contributed by atoms with Gasteiger partial charge in [0.15, 0.2) is 0 Å². The molecule has 0 spiro atoms. The van der Waals surface area contributed by atoms with Crippen LogP contribution in [0.25, 0.3) is 98.8 Å². The maximum Gasteiger partial charge on any atom is 0.143 e. The van der Waals surface area contributed by atoms with E-state index >= 15 is 0 Å². The fraction of sp³-hybridized carbons (Fsp3) is 0. The van der Waals surface area contributed by atoms with E-state index in [9.17, 15) is 0 Å². The zero-order valence-electron chi connectivity index (χ0n) is 26.7. The van der Waals surface area contributed by atoms with Gasteiger partial charge in [-0.1, -0.05) is 170 Å². The predicted molar refractivity (Wildman–Crippen MR) is 208 cm³/mol. The third kappa shape index (κ3) is 4.33. The van der Waals surface area contributed by atoms with Gasteiger partial charge in [0.2, 0.25) is 0 Å². The normalized spacial score (nSPS) is 11.7. The van der Waals surface area contributed by atoms with E-state index in [1.807, 2.05) is 0 Å². The maximum atomic E-state index is 6.85. The summed E-state index contributed by atoms with van der Waals surface area (Å²) in [6.45, 7) is 0. The monoisotopic (exact) mass is 622 g/mol. The highest BCUT2D eigenvalue weighted by molar-refractivity contribution is 6.25. The van der Waals surface area contributed by atoms with Crippen molar-refractivity contribution in [2.24, 2.45) is 0 Å². The molecule has 1 heteroatoms. The highest BCUT2D eigenvalue weighted by atomic mass is 16.3. The molecule has 0 N–H and O–H groups in total. The lowest BCUT2D eigenvalue weighted by Gasteiger charge is -2.18. The lowest BCUT2D eigenvalue weighted by atomic mass is 9.85. The van der Waals surface area contributed by atoms with Crippen LogP contribution in [0, 0.1) is 0 Å². The third-order valence-electron chi connectivity index (χ3n) is 10.1. The number of hydrogen-bond donors (Lipinski definition) is 0. The smallest absolute Gasteiger partial charge is 0.143 e. The van der Waals surface area contributed by atoms with Gasteiger partial charge in [-0.3, -0.25) is 0 Å². The van der Waals surface area contributed by atoms with Gasteiger partial charge < -0.3 is 4.42 Å². The fourth-order valence-corrected chi connectivity index (χ4v) is 7.91.